The molecule has 2 fully saturated rings. The highest BCUT2D eigenvalue weighted by Crippen LogP contribution is 2.52. The van der Waals surface area contributed by atoms with Crippen molar-refractivity contribution in [2.45, 2.75) is 46.1 Å². The summed E-state index contributed by atoms with van der Waals surface area (Å²) in [5, 5.41) is 4.21. The number of fused-ring (bicyclic) bond motifs is 6. The van der Waals surface area contributed by atoms with Gasteiger partial charge in [-0.05, 0) is 60.4 Å². The van der Waals surface area contributed by atoms with E-state index in [-0.39, 0.29) is 11.4 Å². The zero-order valence-electron chi connectivity index (χ0n) is 18.1. The van der Waals surface area contributed by atoms with Gasteiger partial charge in [0, 0.05) is 28.4 Å². The Bertz CT molecular complexity index is 1360. The van der Waals surface area contributed by atoms with Gasteiger partial charge in [0.1, 0.15) is 10.3 Å². The molecule has 2 aromatic carbocycles. The monoisotopic (exact) mass is 430 g/mol. The van der Waals surface area contributed by atoms with Gasteiger partial charge in [-0.25, -0.2) is 14.8 Å². The van der Waals surface area contributed by atoms with Gasteiger partial charge in [0.05, 0.1) is 11.0 Å². The largest absolute Gasteiger partial charge is 0.322 e. The second-order valence-electron chi connectivity index (χ2n) is 10.5. The lowest BCUT2D eigenvalue weighted by molar-refractivity contribution is 0.130. The van der Waals surface area contributed by atoms with Crippen molar-refractivity contribution in [3.05, 3.63) is 42.5 Å². The molecule has 158 valence electrons. The van der Waals surface area contributed by atoms with E-state index in [1.165, 1.54) is 6.42 Å². The summed E-state index contributed by atoms with van der Waals surface area (Å²) >= 11 is 1.64. The standard InChI is InChI=1S/C25H26N4OS/c1-24(2)11-16-12-25(3,13-24)14-29(16)23(30)26-15-8-9-20-17(10-15)21-22(31-20)28-19-7-5-4-6-18(19)27-21/h4-10,16H,11-14H2,1-3H3,(H,26,30)/t16-,25+/m0/s1. The van der Waals surface area contributed by atoms with Crippen LogP contribution in [-0.2, 0) is 0 Å². The van der Waals surface area contributed by atoms with Crippen molar-refractivity contribution in [3.8, 4) is 0 Å². The second kappa shape index (κ2) is 6.39. The van der Waals surface area contributed by atoms with Crippen LogP contribution < -0.4 is 5.32 Å². The highest BCUT2D eigenvalue weighted by atomic mass is 32.1. The van der Waals surface area contributed by atoms with Gasteiger partial charge in [0.25, 0.3) is 0 Å². The van der Waals surface area contributed by atoms with Crippen LogP contribution in [0, 0.1) is 10.8 Å². The molecule has 1 aliphatic carbocycles. The molecule has 6 rings (SSSR count). The van der Waals surface area contributed by atoms with E-state index in [4.69, 9.17) is 9.97 Å². The van der Waals surface area contributed by atoms with Gasteiger partial charge in [0.15, 0.2) is 0 Å². The van der Waals surface area contributed by atoms with Gasteiger partial charge in [0.2, 0.25) is 0 Å². The third kappa shape index (κ3) is 3.16. The van der Waals surface area contributed by atoms with Crippen LogP contribution in [0.15, 0.2) is 42.5 Å². The summed E-state index contributed by atoms with van der Waals surface area (Å²) in [6.45, 7) is 7.84. The molecule has 2 aromatic heterocycles. The first kappa shape index (κ1) is 19.0. The van der Waals surface area contributed by atoms with Crippen molar-refractivity contribution in [3.63, 3.8) is 0 Å². The number of nitrogens with zero attached hydrogens (tertiary/aromatic N) is 3. The number of amides is 2. The Labute approximate surface area is 185 Å². The third-order valence-electron chi connectivity index (χ3n) is 6.91. The molecule has 0 unspecified atom stereocenters. The number of carbonyl (C=O) groups excluding carboxylic acids is 1. The van der Waals surface area contributed by atoms with E-state index in [1.807, 2.05) is 36.4 Å². The molecule has 6 heteroatoms. The molecule has 1 saturated heterocycles. The number of rotatable bonds is 1. The molecule has 31 heavy (non-hydrogen) atoms. The molecule has 4 aromatic rings. The normalized spacial score (nSPS) is 24.9. The Balaban J connectivity index is 1.33. The summed E-state index contributed by atoms with van der Waals surface area (Å²) in [5.41, 5.74) is 4.05. The van der Waals surface area contributed by atoms with Gasteiger partial charge in [-0.1, -0.05) is 32.9 Å². The Morgan fingerprint density at radius 2 is 1.87 bits per heavy atom. The number of nitrogens with one attached hydrogen (secondary N) is 1. The van der Waals surface area contributed by atoms with Crippen LogP contribution >= 0.6 is 11.3 Å². The quantitative estimate of drug-likeness (QED) is 0.378. The Morgan fingerprint density at radius 1 is 1.10 bits per heavy atom. The van der Waals surface area contributed by atoms with Crippen molar-refractivity contribution in [2.75, 3.05) is 11.9 Å². The molecule has 2 amide bonds. The summed E-state index contributed by atoms with van der Waals surface area (Å²) < 4.78 is 1.13. The SMILES string of the molecule is CC1(C)C[C@H]2C[C@@](C)(CN2C(=O)Nc2ccc3sc4nc5ccccc5nc4c3c2)C1. The van der Waals surface area contributed by atoms with Crippen LogP contribution in [0.25, 0.3) is 31.5 Å². The fraction of sp³-hybridized carbons (Fsp3) is 0.400. The Hall–Kier alpha value is -2.73. The van der Waals surface area contributed by atoms with Crippen molar-refractivity contribution < 1.29 is 4.79 Å². The molecule has 2 bridgehead atoms. The molecule has 2 atom stereocenters. The fourth-order valence-electron chi connectivity index (χ4n) is 6.11. The zero-order valence-corrected chi connectivity index (χ0v) is 18.9. The van der Waals surface area contributed by atoms with Crippen molar-refractivity contribution in [1.82, 2.24) is 14.9 Å². The average molecular weight is 431 g/mol. The number of anilines is 1. The minimum atomic E-state index is 0.0156. The molecule has 5 nitrogen and oxygen atoms in total. The Morgan fingerprint density at radius 3 is 2.68 bits per heavy atom. The maximum absolute atomic E-state index is 13.2. The molecule has 0 radical (unpaired) electrons. The number of benzene rings is 2. The van der Waals surface area contributed by atoms with Crippen LogP contribution in [0.2, 0.25) is 0 Å². The topological polar surface area (TPSA) is 58.1 Å². The minimum absolute atomic E-state index is 0.0156. The second-order valence-corrected chi connectivity index (χ2v) is 11.5. The van der Waals surface area contributed by atoms with E-state index >= 15 is 0 Å². The van der Waals surface area contributed by atoms with Crippen LogP contribution in [-0.4, -0.2) is 33.5 Å². The highest BCUT2D eigenvalue weighted by molar-refractivity contribution is 7.25. The molecule has 1 saturated carbocycles. The third-order valence-corrected chi connectivity index (χ3v) is 7.96. The highest BCUT2D eigenvalue weighted by Gasteiger charge is 2.51. The predicted molar refractivity (Wildman–Crippen MR) is 128 cm³/mol. The summed E-state index contributed by atoms with van der Waals surface area (Å²) in [4.78, 5) is 25.9. The van der Waals surface area contributed by atoms with E-state index in [0.29, 0.717) is 11.5 Å². The number of likely N-dealkylation sites (tertiary alicyclic amines) is 1. The molecule has 0 spiro atoms. The minimum Gasteiger partial charge on any atom is -0.321 e. The number of thiophene rings is 1. The van der Waals surface area contributed by atoms with E-state index < -0.39 is 0 Å². The molecule has 1 aliphatic heterocycles. The van der Waals surface area contributed by atoms with Crippen LogP contribution in [0.4, 0.5) is 10.5 Å². The van der Waals surface area contributed by atoms with Gasteiger partial charge in [-0.3, -0.25) is 0 Å². The van der Waals surface area contributed by atoms with Crippen LogP contribution in [0.3, 0.4) is 0 Å². The molecule has 1 N–H and O–H groups in total. The number of aromatic nitrogens is 2. The lowest BCUT2D eigenvalue weighted by atomic mass is 9.65. The van der Waals surface area contributed by atoms with Crippen molar-refractivity contribution >= 4 is 54.5 Å². The first-order chi connectivity index (χ1) is 14.8. The van der Waals surface area contributed by atoms with E-state index in [2.05, 4.69) is 37.1 Å². The molecular weight excluding hydrogens is 404 g/mol. The van der Waals surface area contributed by atoms with Crippen LogP contribution in [0.1, 0.15) is 40.0 Å². The Kier molecular flexibility index (Phi) is 3.91. The van der Waals surface area contributed by atoms with Crippen LogP contribution in [0.5, 0.6) is 0 Å². The van der Waals surface area contributed by atoms with Gasteiger partial charge in [-0.2, -0.15) is 0 Å². The van der Waals surface area contributed by atoms with E-state index in [1.54, 1.807) is 11.3 Å². The van der Waals surface area contributed by atoms with Gasteiger partial charge in [-0.15, -0.1) is 11.3 Å². The summed E-state index contributed by atoms with van der Waals surface area (Å²) in [7, 11) is 0. The molecule has 2 aliphatic rings. The first-order valence-corrected chi connectivity index (χ1v) is 11.8. The first-order valence-electron chi connectivity index (χ1n) is 11.0. The lowest BCUT2D eigenvalue weighted by Crippen LogP contribution is -2.40. The number of hydrogen-bond donors (Lipinski definition) is 1. The van der Waals surface area contributed by atoms with Gasteiger partial charge < -0.3 is 10.2 Å². The predicted octanol–water partition coefficient (Wildman–Crippen LogP) is 6.43. The molecule has 3 heterocycles. The summed E-state index contributed by atoms with van der Waals surface area (Å²) in [6, 6.07) is 14.4. The number of carbonyl (C=O) groups is 1. The number of para-hydroxylation sites is 2. The van der Waals surface area contributed by atoms with Crippen molar-refractivity contribution in [2.24, 2.45) is 10.8 Å². The molecular formula is C25H26N4OS. The van der Waals surface area contributed by atoms with Crippen molar-refractivity contribution in [1.29, 1.82) is 0 Å². The average Bonchev–Trinajstić information content (AvgIpc) is 3.18. The smallest absolute Gasteiger partial charge is 0.321 e. The summed E-state index contributed by atoms with van der Waals surface area (Å²) in [5.74, 6) is 0. The summed E-state index contributed by atoms with van der Waals surface area (Å²) in [6.07, 6.45) is 3.37. The fourth-order valence-corrected chi connectivity index (χ4v) is 7.12. The number of urea groups is 1. The van der Waals surface area contributed by atoms with E-state index in [0.717, 1.165) is 56.5 Å². The zero-order chi connectivity index (χ0) is 21.4. The maximum Gasteiger partial charge on any atom is 0.322 e. The maximum atomic E-state index is 13.2. The van der Waals surface area contributed by atoms with Gasteiger partial charge >= 0.3 is 6.03 Å². The lowest BCUT2D eigenvalue weighted by Gasteiger charge is -2.39. The van der Waals surface area contributed by atoms with E-state index in [9.17, 15) is 4.79 Å². The number of hydrogen-bond acceptors (Lipinski definition) is 4.